The first-order chi connectivity index (χ1) is 7.83. The normalized spacial score (nSPS) is 16.3. The van der Waals surface area contributed by atoms with Crippen molar-refractivity contribution in [2.45, 2.75) is 39.0 Å². The standard InChI is InChI=1S/C12H25N3O/c1-2-13-12(16)14-8-4-3-5-9-15-10-6-7-11-15/h2-11H2,1H3,(H2,13,14,16). The van der Waals surface area contributed by atoms with Crippen molar-refractivity contribution in [2.24, 2.45) is 0 Å². The molecule has 0 radical (unpaired) electrons. The first-order valence-electron chi connectivity index (χ1n) is 6.57. The Labute approximate surface area is 98.8 Å². The van der Waals surface area contributed by atoms with Crippen LogP contribution in [0.2, 0.25) is 0 Å². The molecule has 0 aromatic rings. The molecule has 0 aromatic carbocycles. The largest absolute Gasteiger partial charge is 0.338 e. The van der Waals surface area contributed by atoms with Crippen LogP contribution in [0.25, 0.3) is 0 Å². The van der Waals surface area contributed by atoms with Gasteiger partial charge in [-0.05, 0) is 52.2 Å². The van der Waals surface area contributed by atoms with Gasteiger partial charge in [0.15, 0.2) is 0 Å². The molecule has 0 saturated carbocycles. The average Bonchev–Trinajstić information content (AvgIpc) is 2.76. The first-order valence-corrected chi connectivity index (χ1v) is 6.57. The maximum Gasteiger partial charge on any atom is 0.314 e. The number of carbonyl (C=O) groups is 1. The van der Waals surface area contributed by atoms with Crippen LogP contribution in [0.5, 0.6) is 0 Å². The van der Waals surface area contributed by atoms with Gasteiger partial charge >= 0.3 is 6.03 Å². The summed E-state index contributed by atoms with van der Waals surface area (Å²) in [4.78, 5) is 13.6. The van der Waals surface area contributed by atoms with Crippen LogP contribution in [0.3, 0.4) is 0 Å². The molecule has 4 nitrogen and oxygen atoms in total. The number of nitrogens with zero attached hydrogens (tertiary/aromatic N) is 1. The molecule has 4 heteroatoms. The van der Waals surface area contributed by atoms with Gasteiger partial charge in [0.1, 0.15) is 0 Å². The third kappa shape index (κ3) is 5.95. The van der Waals surface area contributed by atoms with Crippen LogP contribution in [0.1, 0.15) is 39.0 Å². The molecule has 1 rings (SSSR count). The molecule has 1 heterocycles. The molecule has 1 fully saturated rings. The van der Waals surface area contributed by atoms with Crippen LogP contribution in [-0.4, -0.2) is 43.7 Å². The van der Waals surface area contributed by atoms with Gasteiger partial charge in [0.2, 0.25) is 0 Å². The minimum absolute atomic E-state index is 0.0398. The van der Waals surface area contributed by atoms with E-state index in [2.05, 4.69) is 15.5 Å². The maximum atomic E-state index is 11.1. The molecule has 0 aliphatic carbocycles. The Balaban J connectivity index is 1.82. The third-order valence-electron chi connectivity index (χ3n) is 2.97. The molecule has 94 valence electrons. The van der Waals surface area contributed by atoms with Gasteiger partial charge in [-0.25, -0.2) is 4.79 Å². The van der Waals surface area contributed by atoms with Gasteiger partial charge in [0.25, 0.3) is 0 Å². The van der Waals surface area contributed by atoms with Crippen LogP contribution in [0, 0.1) is 0 Å². The summed E-state index contributed by atoms with van der Waals surface area (Å²) in [6, 6.07) is -0.0398. The number of likely N-dealkylation sites (tertiary alicyclic amines) is 1. The summed E-state index contributed by atoms with van der Waals surface area (Å²) in [7, 11) is 0. The summed E-state index contributed by atoms with van der Waals surface area (Å²) in [5, 5.41) is 5.57. The zero-order valence-corrected chi connectivity index (χ0v) is 10.4. The predicted molar refractivity (Wildman–Crippen MR) is 66.6 cm³/mol. The van der Waals surface area contributed by atoms with Gasteiger partial charge in [-0.1, -0.05) is 6.42 Å². The van der Waals surface area contributed by atoms with Gasteiger partial charge in [0.05, 0.1) is 0 Å². The number of carbonyl (C=O) groups excluding carboxylic acids is 1. The molecule has 0 spiro atoms. The van der Waals surface area contributed by atoms with Crippen LogP contribution in [-0.2, 0) is 0 Å². The number of hydrogen-bond acceptors (Lipinski definition) is 2. The summed E-state index contributed by atoms with van der Waals surface area (Å²) in [5.41, 5.74) is 0. The van der Waals surface area contributed by atoms with Crippen molar-refractivity contribution >= 4 is 6.03 Å². The predicted octanol–water partition coefficient (Wildman–Crippen LogP) is 1.57. The quantitative estimate of drug-likeness (QED) is 0.648. The van der Waals surface area contributed by atoms with Gasteiger partial charge in [-0.15, -0.1) is 0 Å². The second-order valence-electron chi connectivity index (χ2n) is 4.40. The number of unbranched alkanes of at least 4 members (excludes halogenated alkanes) is 2. The highest BCUT2D eigenvalue weighted by Gasteiger charge is 2.09. The Bertz CT molecular complexity index is 191. The second kappa shape index (κ2) is 8.39. The minimum Gasteiger partial charge on any atom is -0.338 e. The van der Waals surface area contributed by atoms with Crippen molar-refractivity contribution in [3.63, 3.8) is 0 Å². The molecule has 2 amide bonds. The topological polar surface area (TPSA) is 44.4 Å². The molecule has 0 aromatic heterocycles. The van der Waals surface area contributed by atoms with Crippen LogP contribution in [0.15, 0.2) is 0 Å². The van der Waals surface area contributed by atoms with Crippen LogP contribution < -0.4 is 10.6 Å². The van der Waals surface area contributed by atoms with E-state index in [1.165, 1.54) is 45.3 Å². The molecule has 0 unspecified atom stereocenters. The number of hydrogen-bond donors (Lipinski definition) is 2. The molecule has 0 atom stereocenters. The summed E-state index contributed by atoms with van der Waals surface area (Å²) in [6.07, 6.45) is 6.31. The fraction of sp³-hybridized carbons (Fsp3) is 0.917. The Kier molecular flexibility index (Phi) is 6.97. The number of urea groups is 1. The average molecular weight is 227 g/mol. The van der Waals surface area contributed by atoms with E-state index in [0.29, 0.717) is 6.54 Å². The molecule has 1 aliphatic rings. The Morgan fingerprint density at radius 1 is 1.12 bits per heavy atom. The lowest BCUT2D eigenvalue weighted by Crippen LogP contribution is -2.35. The zero-order chi connectivity index (χ0) is 11.6. The lowest BCUT2D eigenvalue weighted by Gasteiger charge is -2.13. The molecule has 1 saturated heterocycles. The van der Waals surface area contributed by atoms with Gasteiger partial charge in [-0.2, -0.15) is 0 Å². The molecule has 0 bridgehead atoms. The molecule has 2 N–H and O–H groups in total. The Morgan fingerprint density at radius 2 is 1.88 bits per heavy atom. The molecule has 16 heavy (non-hydrogen) atoms. The second-order valence-corrected chi connectivity index (χ2v) is 4.40. The van der Waals surface area contributed by atoms with Crippen LogP contribution >= 0.6 is 0 Å². The highest BCUT2D eigenvalue weighted by atomic mass is 16.2. The summed E-state index contributed by atoms with van der Waals surface area (Å²) < 4.78 is 0. The van der Waals surface area contributed by atoms with Crippen molar-refractivity contribution in [3.05, 3.63) is 0 Å². The zero-order valence-electron chi connectivity index (χ0n) is 10.4. The Hall–Kier alpha value is -0.770. The van der Waals surface area contributed by atoms with Gasteiger partial charge in [0, 0.05) is 13.1 Å². The molecular weight excluding hydrogens is 202 g/mol. The lowest BCUT2D eigenvalue weighted by atomic mass is 10.2. The van der Waals surface area contributed by atoms with Crippen molar-refractivity contribution in [2.75, 3.05) is 32.7 Å². The lowest BCUT2D eigenvalue weighted by molar-refractivity contribution is 0.241. The summed E-state index contributed by atoms with van der Waals surface area (Å²) in [6.45, 7) is 7.23. The monoisotopic (exact) mass is 227 g/mol. The highest BCUT2D eigenvalue weighted by Crippen LogP contribution is 2.08. The van der Waals surface area contributed by atoms with E-state index >= 15 is 0 Å². The van der Waals surface area contributed by atoms with Gasteiger partial charge < -0.3 is 15.5 Å². The van der Waals surface area contributed by atoms with Gasteiger partial charge in [-0.3, -0.25) is 0 Å². The summed E-state index contributed by atoms with van der Waals surface area (Å²) in [5.74, 6) is 0. The van der Waals surface area contributed by atoms with Crippen molar-refractivity contribution < 1.29 is 4.79 Å². The first kappa shape index (κ1) is 13.3. The van der Waals surface area contributed by atoms with E-state index in [9.17, 15) is 4.79 Å². The number of nitrogens with one attached hydrogen (secondary N) is 2. The smallest absolute Gasteiger partial charge is 0.314 e. The SMILES string of the molecule is CCNC(=O)NCCCCCN1CCCC1. The van der Waals surface area contributed by atoms with E-state index in [0.717, 1.165) is 13.0 Å². The number of amides is 2. The van der Waals surface area contributed by atoms with Crippen molar-refractivity contribution in [1.82, 2.24) is 15.5 Å². The third-order valence-corrected chi connectivity index (χ3v) is 2.97. The van der Waals surface area contributed by atoms with E-state index < -0.39 is 0 Å². The molecular formula is C12H25N3O. The Morgan fingerprint density at radius 3 is 2.56 bits per heavy atom. The highest BCUT2D eigenvalue weighted by molar-refractivity contribution is 5.73. The van der Waals surface area contributed by atoms with E-state index in [1.807, 2.05) is 6.92 Å². The summed E-state index contributed by atoms with van der Waals surface area (Å²) >= 11 is 0. The minimum atomic E-state index is -0.0398. The van der Waals surface area contributed by atoms with E-state index in [-0.39, 0.29) is 6.03 Å². The fourth-order valence-corrected chi connectivity index (χ4v) is 2.07. The maximum absolute atomic E-state index is 11.1. The van der Waals surface area contributed by atoms with Crippen molar-refractivity contribution in [3.8, 4) is 0 Å². The van der Waals surface area contributed by atoms with E-state index in [1.54, 1.807) is 0 Å². The van der Waals surface area contributed by atoms with Crippen LogP contribution in [0.4, 0.5) is 4.79 Å². The van der Waals surface area contributed by atoms with Crippen molar-refractivity contribution in [1.29, 1.82) is 0 Å². The number of rotatable bonds is 7. The van der Waals surface area contributed by atoms with E-state index in [4.69, 9.17) is 0 Å². The molecule has 1 aliphatic heterocycles. The fourth-order valence-electron chi connectivity index (χ4n) is 2.07.